The van der Waals surface area contributed by atoms with Gasteiger partial charge in [0, 0.05) is 39.0 Å². The summed E-state index contributed by atoms with van der Waals surface area (Å²) in [6.07, 6.45) is 12.4. The third kappa shape index (κ3) is 13.1. The predicted molar refractivity (Wildman–Crippen MR) is 141 cm³/mol. The monoisotopic (exact) mass is 479 g/mol. The van der Waals surface area contributed by atoms with Crippen molar-refractivity contribution in [1.82, 2.24) is 20.4 Å². The molecule has 0 saturated carbocycles. The lowest BCUT2D eigenvalue weighted by atomic mass is 9.87. The maximum Gasteiger partial charge on any atom is 0.221 e. The van der Waals surface area contributed by atoms with Gasteiger partial charge in [-0.2, -0.15) is 0 Å². The highest BCUT2D eigenvalue weighted by Crippen LogP contribution is 2.27. The number of nitrogens with two attached hydrogens (primary N) is 1. The van der Waals surface area contributed by atoms with Crippen molar-refractivity contribution in [3.8, 4) is 0 Å². The molecular weight excluding hydrogens is 426 g/mol. The molecule has 198 valence electrons. The van der Waals surface area contributed by atoms with E-state index in [2.05, 4.69) is 34.3 Å². The highest BCUT2D eigenvalue weighted by atomic mass is 16.2. The molecule has 4 N–H and O–H groups in total. The van der Waals surface area contributed by atoms with E-state index in [1.54, 1.807) is 0 Å². The summed E-state index contributed by atoms with van der Waals surface area (Å²) < 4.78 is 0. The molecule has 2 amide bonds. The fraction of sp³-hybridized carbons (Fsp3) is 0.926. The number of amides is 2. The second kappa shape index (κ2) is 17.3. The second-order valence-corrected chi connectivity index (χ2v) is 11.0. The molecule has 2 rings (SSSR count). The third-order valence-corrected chi connectivity index (χ3v) is 7.70. The van der Waals surface area contributed by atoms with Gasteiger partial charge >= 0.3 is 0 Å². The number of carbonyl (C=O) groups excluding carboxylic acids is 2. The quantitative estimate of drug-likeness (QED) is 0.296. The van der Waals surface area contributed by atoms with Crippen molar-refractivity contribution >= 4 is 11.8 Å². The number of nitrogens with one attached hydrogen (secondary N) is 2. The van der Waals surface area contributed by atoms with Crippen LogP contribution in [0.4, 0.5) is 0 Å². The van der Waals surface area contributed by atoms with E-state index in [4.69, 9.17) is 5.73 Å². The molecule has 0 unspecified atom stereocenters. The summed E-state index contributed by atoms with van der Waals surface area (Å²) in [6.45, 7) is 12.9. The molecule has 0 bridgehead atoms. The van der Waals surface area contributed by atoms with Crippen molar-refractivity contribution in [2.24, 2.45) is 23.5 Å². The standard InChI is InChI=1S/C27H53N5O2/c1-23(2)7-16-30-27(34)13-22-32-19-10-25(11-20-32)6-3-5-24-8-17-31(18-9-24)21-12-26(33)29-15-4-14-28/h23-25H,3-22,28H2,1-2H3,(H,29,33)(H,30,34). The van der Waals surface area contributed by atoms with E-state index in [1.807, 2.05) is 0 Å². The smallest absolute Gasteiger partial charge is 0.221 e. The summed E-state index contributed by atoms with van der Waals surface area (Å²) in [5.41, 5.74) is 5.47. The molecule has 0 aromatic heterocycles. The average molecular weight is 480 g/mol. The second-order valence-electron chi connectivity index (χ2n) is 11.0. The predicted octanol–water partition coefficient (Wildman–Crippen LogP) is 2.99. The molecule has 0 aromatic rings. The van der Waals surface area contributed by atoms with Crippen molar-refractivity contribution < 1.29 is 9.59 Å². The summed E-state index contributed by atoms with van der Waals surface area (Å²) in [6, 6.07) is 0. The van der Waals surface area contributed by atoms with Crippen molar-refractivity contribution in [2.75, 3.05) is 58.9 Å². The van der Waals surface area contributed by atoms with Crippen LogP contribution in [-0.2, 0) is 9.59 Å². The highest BCUT2D eigenvalue weighted by Gasteiger charge is 2.22. The van der Waals surface area contributed by atoms with Gasteiger partial charge in [0.2, 0.25) is 11.8 Å². The van der Waals surface area contributed by atoms with Crippen LogP contribution >= 0.6 is 0 Å². The van der Waals surface area contributed by atoms with Gasteiger partial charge < -0.3 is 26.2 Å². The molecular formula is C27H53N5O2. The van der Waals surface area contributed by atoms with Crippen LogP contribution in [0.1, 0.15) is 84.5 Å². The van der Waals surface area contributed by atoms with Gasteiger partial charge in [-0.15, -0.1) is 0 Å². The molecule has 2 heterocycles. The third-order valence-electron chi connectivity index (χ3n) is 7.70. The zero-order chi connectivity index (χ0) is 24.6. The number of nitrogens with zero attached hydrogens (tertiary/aromatic N) is 2. The van der Waals surface area contributed by atoms with E-state index in [0.717, 1.165) is 70.5 Å². The Morgan fingerprint density at radius 1 is 0.794 bits per heavy atom. The van der Waals surface area contributed by atoms with Gasteiger partial charge in [-0.1, -0.05) is 33.1 Å². The van der Waals surface area contributed by atoms with E-state index in [-0.39, 0.29) is 11.8 Å². The van der Waals surface area contributed by atoms with Crippen LogP contribution in [-0.4, -0.2) is 80.5 Å². The number of hydrogen-bond donors (Lipinski definition) is 3. The largest absolute Gasteiger partial charge is 0.356 e. The topological polar surface area (TPSA) is 90.7 Å². The lowest BCUT2D eigenvalue weighted by Gasteiger charge is -2.33. The minimum atomic E-state index is 0.159. The van der Waals surface area contributed by atoms with Gasteiger partial charge in [0.1, 0.15) is 0 Å². The summed E-state index contributed by atoms with van der Waals surface area (Å²) in [5, 5.41) is 6.00. The van der Waals surface area contributed by atoms with Crippen LogP contribution in [0.25, 0.3) is 0 Å². The maximum atomic E-state index is 12.0. The molecule has 0 atom stereocenters. The Morgan fingerprint density at radius 2 is 1.26 bits per heavy atom. The molecule has 2 aliphatic heterocycles. The fourth-order valence-corrected chi connectivity index (χ4v) is 5.22. The van der Waals surface area contributed by atoms with E-state index < -0.39 is 0 Å². The zero-order valence-corrected chi connectivity index (χ0v) is 22.2. The van der Waals surface area contributed by atoms with Crippen molar-refractivity contribution in [2.45, 2.75) is 84.5 Å². The van der Waals surface area contributed by atoms with E-state index >= 15 is 0 Å². The number of likely N-dealkylation sites (tertiary alicyclic amines) is 2. The number of carbonyl (C=O) groups is 2. The van der Waals surface area contributed by atoms with Crippen LogP contribution in [0, 0.1) is 17.8 Å². The Labute approximate surface area is 208 Å². The van der Waals surface area contributed by atoms with Gasteiger partial charge in [-0.05, 0) is 89.0 Å². The summed E-state index contributed by atoms with van der Waals surface area (Å²) in [7, 11) is 0. The molecule has 7 heteroatoms. The van der Waals surface area contributed by atoms with Gasteiger partial charge in [-0.3, -0.25) is 9.59 Å². The first kappa shape index (κ1) is 29.1. The normalized spacial score (nSPS) is 18.9. The van der Waals surface area contributed by atoms with Crippen LogP contribution in [0.5, 0.6) is 0 Å². The molecule has 0 spiro atoms. The first-order valence-electron chi connectivity index (χ1n) is 14.1. The number of rotatable bonds is 16. The van der Waals surface area contributed by atoms with Gasteiger partial charge in [0.05, 0.1) is 0 Å². The minimum absolute atomic E-state index is 0.159. The molecule has 0 aliphatic carbocycles. The van der Waals surface area contributed by atoms with Crippen molar-refractivity contribution in [3.05, 3.63) is 0 Å². The molecule has 2 fully saturated rings. The zero-order valence-electron chi connectivity index (χ0n) is 22.2. The number of hydrogen-bond acceptors (Lipinski definition) is 5. The Hall–Kier alpha value is -1.18. The van der Waals surface area contributed by atoms with E-state index in [9.17, 15) is 9.59 Å². The van der Waals surface area contributed by atoms with E-state index in [1.165, 1.54) is 44.9 Å². The maximum absolute atomic E-state index is 12.0. The lowest BCUT2D eigenvalue weighted by molar-refractivity contribution is -0.122. The molecule has 0 radical (unpaired) electrons. The van der Waals surface area contributed by atoms with Crippen LogP contribution in [0.3, 0.4) is 0 Å². The molecule has 7 nitrogen and oxygen atoms in total. The summed E-state index contributed by atoms with van der Waals surface area (Å²) in [4.78, 5) is 28.8. The van der Waals surface area contributed by atoms with Crippen molar-refractivity contribution in [1.29, 1.82) is 0 Å². The SMILES string of the molecule is CC(C)CCNC(=O)CCN1CCC(CCCC2CCN(CCC(=O)NCCCN)CC2)CC1. The average Bonchev–Trinajstić information content (AvgIpc) is 2.83. The Kier molecular flexibility index (Phi) is 14.8. The van der Waals surface area contributed by atoms with E-state index in [0.29, 0.717) is 31.8 Å². The summed E-state index contributed by atoms with van der Waals surface area (Å²) in [5.74, 6) is 2.74. The first-order chi connectivity index (χ1) is 16.5. The highest BCUT2D eigenvalue weighted by molar-refractivity contribution is 5.76. The molecule has 2 aliphatic rings. The van der Waals surface area contributed by atoms with Crippen LogP contribution in [0.2, 0.25) is 0 Å². The first-order valence-corrected chi connectivity index (χ1v) is 14.1. The van der Waals surface area contributed by atoms with Gasteiger partial charge in [0.25, 0.3) is 0 Å². The number of piperidine rings is 2. The Bertz CT molecular complexity index is 555. The van der Waals surface area contributed by atoms with Crippen LogP contribution in [0.15, 0.2) is 0 Å². The Balaban J connectivity index is 1.45. The molecule has 2 saturated heterocycles. The van der Waals surface area contributed by atoms with Gasteiger partial charge in [0.15, 0.2) is 0 Å². The lowest BCUT2D eigenvalue weighted by Crippen LogP contribution is -2.37. The van der Waals surface area contributed by atoms with Crippen LogP contribution < -0.4 is 16.4 Å². The Morgan fingerprint density at radius 3 is 1.71 bits per heavy atom. The minimum Gasteiger partial charge on any atom is -0.356 e. The van der Waals surface area contributed by atoms with Gasteiger partial charge in [-0.25, -0.2) is 0 Å². The molecule has 34 heavy (non-hydrogen) atoms. The van der Waals surface area contributed by atoms with Crippen molar-refractivity contribution in [3.63, 3.8) is 0 Å². The fourth-order valence-electron chi connectivity index (χ4n) is 5.22. The molecule has 0 aromatic carbocycles. The summed E-state index contributed by atoms with van der Waals surface area (Å²) >= 11 is 0.